The summed E-state index contributed by atoms with van der Waals surface area (Å²) in [6.45, 7) is 3.59. The average molecular weight is 883 g/mol. The Kier molecular flexibility index (Phi) is 14.1. The predicted molar refractivity (Wildman–Crippen MR) is 221 cm³/mol. The Bertz CT molecular complexity index is 2270. The van der Waals surface area contributed by atoms with E-state index in [1.165, 1.54) is 48.5 Å². The summed E-state index contributed by atoms with van der Waals surface area (Å²) in [6.07, 6.45) is -17.0. The largest absolute Gasteiger partial charge is 0.456 e. The molecular formula is C50H44F10O3. The Morgan fingerprint density at radius 2 is 0.762 bits per heavy atom. The Labute approximate surface area is 359 Å². The number of hydrogen-bond donors (Lipinski definition) is 0. The van der Waals surface area contributed by atoms with Crippen molar-refractivity contribution < 1.29 is 58.1 Å². The number of methoxy groups -OCH3 is 2. The molecule has 0 aliphatic rings. The lowest BCUT2D eigenvalue weighted by molar-refractivity contribution is -0.212. The number of ether oxygens (including phenoxy) is 3. The summed E-state index contributed by atoms with van der Waals surface area (Å²) < 4.78 is 171. The van der Waals surface area contributed by atoms with Gasteiger partial charge in [-0.2, -0.15) is 43.9 Å². The molecule has 13 heteroatoms. The minimum Gasteiger partial charge on any atom is -0.456 e. The fourth-order valence-electron chi connectivity index (χ4n) is 7.57. The van der Waals surface area contributed by atoms with Crippen molar-refractivity contribution in [3.63, 3.8) is 0 Å². The second-order valence-electron chi connectivity index (χ2n) is 15.4. The molecule has 2 atom stereocenters. The zero-order valence-corrected chi connectivity index (χ0v) is 34.7. The van der Waals surface area contributed by atoms with Gasteiger partial charge in [-0.05, 0) is 72.2 Å². The predicted octanol–water partition coefficient (Wildman–Crippen LogP) is 13.8. The van der Waals surface area contributed by atoms with Gasteiger partial charge >= 0.3 is 24.2 Å². The minimum atomic E-state index is -4.89. The van der Waals surface area contributed by atoms with Gasteiger partial charge < -0.3 is 14.2 Å². The van der Waals surface area contributed by atoms with Crippen LogP contribution in [0.2, 0.25) is 0 Å². The number of halogens is 10. The number of alkyl halides is 10. The number of aryl methyl sites for hydroxylation is 2. The average Bonchev–Trinajstić information content (AvgIpc) is 3.24. The Hall–Kier alpha value is -5.66. The summed E-state index contributed by atoms with van der Waals surface area (Å²) in [5, 5.41) is 0. The highest BCUT2D eigenvalue weighted by molar-refractivity contribution is 5.58. The van der Waals surface area contributed by atoms with Crippen LogP contribution in [0.1, 0.15) is 66.8 Å². The van der Waals surface area contributed by atoms with Crippen molar-refractivity contribution in [1.82, 2.24) is 0 Å². The van der Waals surface area contributed by atoms with Crippen molar-refractivity contribution in [3.05, 3.63) is 200 Å². The van der Waals surface area contributed by atoms with E-state index in [1.807, 2.05) is 0 Å². The van der Waals surface area contributed by atoms with E-state index in [4.69, 9.17) is 14.2 Å². The molecule has 0 spiro atoms. The normalized spacial score (nSPS) is 13.5. The van der Waals surface area contributed by atoms with Gasteiger partial charge in [0.05, 0.1) is 11.1 Å². The van der Waals surface area contributed by atoms with E-state index >= 15 is 17.6 Å². The fraction of sp³-hybridized carbons (Fsp3) is 0.280. The third-order valence-corrected chi connectivity index (χ3v) is 11.0. The lowest BCUT2D eigenvalue weighted by Gasteiger charge is -2.30. The first kappa shape index (κ1) is 46.8. The molecule has 0 saturated heterocycles. The molecule has 6 aromatic carbocycles. The molecule has 0 aliphatic heterocycles. The summed E-state index contributed by atoms with van der Waals surface area (Å²) in [6, 6.07) is 30.6. The van der Waals surface area contributed by atoms with E-state index in [-0.39, 0.29) is 35.1 Å². The Morgan fingerprint density at radius 1 is 0.429 bits per heavy atom. The molecule has 0 radical (unpaired) electrons. The molecule has 0 bridgehead atoms. The van der Waals surface area contributed by atoms with Crippen LogP contribution in [0.25, 0.3) is 0 Å². The SMILES string of the molecule is COC(Cc1ccc(Oc2ccc(CC(OC)C(F)(F)F)c(Cc3ccc(C)cc3)c2C(F)(F)c2ccccc2)c(C(F)(F)c2ccccc2)c1Cc1ccc(C)cc1)C(F)(F)F. The summed E-state index contributed by atoms with van der Waals surface area (Å²) in [7, 11) is 1.70. The highest BCUT2D eigenvalue weighted by Crippen LogP contribution is 2.50. The van der Waals surface area contributed by atoms with E-state index in [2.05, 4.69) is 0 Å². The molecule has 6 rings (SSSR count). The second-order valence-corrected chi connectivity index (χ2v) is 15.4. The van der Waals surface area contributed by atoms with Gasteiger partial charge in [0.1, 0.15) is 11.5 Å². The zero-order valence-electron chi connectivity index (χ0n) is 34.7. The van der Waals surface area contributed by atoms with Crippen molar-refractivity contribution in [3.8, 4) is 11.5 Å². The van der Waals surface area contributed by atoms with Gasteiger partial charge in [0, 0.05) is 38.2 Å². The molecule has 0 saturated carbocycles. The van der Waals surface area contributed by atoms with Gasteiger partial charge in [-0.1, -0.05) is 132 Å². The number of rotatable bonds is 16. The van der Waals surface area contributed by atoms with Crippen molar-refractivity contribution >= 4 is 0 Å². The van der Waals surface area contributed by atoms with Gasteiger partial charge in [0.15, 0.2) is 12.2 Å². The summed E-state index contributed by atoms with van der Waals surface area (Å²) >= 11 is 0. The summed E-state index contributed by atoms with van der Waals surface area (Å²) in [5.74, 6) is -9.36. The molecule has 0 amide bonds. The Morgan fingerprint density at radius 3 is 1.06 bits per heavy atom. The third kappa shape index (κ3) is 10.8. The molecule has 0 aliphatic carbocycles. The van der Waals surface area contributed by atoms with Gasteiger partial charge in [-0.15, -0.1) is 0 Å². The van der Waals surface area contributed by atoms with E-state index in [1.54, 1.807) is 62.4 Å². The van der Waals surface area contributed by atoms with Crippen LogP contribution in [0.5, 0.6) is 11.5 Å². The van der Waals surface area contributed by atoms with Crippen LogP contribution < -0.4 is 4.74 Å². The zero-order chi connectivity index (χ0) is 45.7. The molecule has 0 heterocycles. The summed E-state index contributed by atoms with van der Waals surface area (Å²) in [5.41, 5.74) is -1.24. The van der Waals surface area contributed by atoms with E-state index in [9.17, 15) is 26.3 Å². The maximum absolute atomic E-state index is 17.5. The first-order valence-electron chi connectivity index (χ1n) is 19.9. The standard InChI is InChI=1S/C50H44F10O3/c1-31-15-19-33(20-16-31)27-39-35(29-43(61-3)49(55,56)57)23-25-41(45(39)47(51,52)37-11-7-5-8-12-37)63-42-26-24-36(30-44(62-4)50(58,59)60)40(28-34-21-17-32(2)18-22-34)46(42)48(53,54)38-13-9-6-10-14-38/h5-26,43-44H,27-30H2,1-4H3. The highest BCUT2D eigenvalue weighted by Gasteiger charge is 2.46. The fourth-order valence-corrected chi connectivity index (χ4v) is 7.57. The van der Waals surface area contributed by atoms with Gasteiger partial charge in [0.2, 0.25) is 0 Å². The molecule has 6 aromatic rings. The lowest BCUT2D eigenvalue weighted by Crippen LogP contribution is -2.33. The molecule has 63 heavy (non-hydrogen) atoms. The smallest absolute Gasteiger partial charge is 0.414 e. The molecule has 0 aromatic heterocycles. The molecule has 0 fully saturated rings. The topological polar surface area (TPSA) is 27.7 Å². The van der Waals surface area contributed by atoms with E-state index in [0.29, 0.717) is 11.1 Å². The maximum atomic E-state index is 17.5. The van der Waals surface area contributed by atoms with Crippen molar-refractivity contribution in [1.29, 1.82) is 0 Å². The number of benzene rings is 6. The van der Waals surface area contributed by atoms with Crippen LogP contribution >= 0.6 is 0 Å². The van der Waals surface area contributed by atoms with Crippen LogP contribution in [0.3, 0.4) is 0 Å². The lowest BCUT2D eigenvalue weighted by atomic mass is 9.85. The number of hydrogen-bond acceptors (Lipinski definition) is 3. The van der Waals surface area contributed by atoms with Gasteiger partial charge in [-0.3, -0.25) is 0 Å². The summed E-state index contributed by atoms with van der Waals surface area (Å²) in [4.78, 5) is 0. The molecule has 2 unspecified atom stereocenters. The van der Waals surface area contributed by atoms with Crippen molar-refractivity contribution in [2.24, 2.45) is 0 Å². The Balaban J connectivity index is 1.68. The van der Waals surface area contributed by atoms with Crippen LogP contribution in [-0.2, 0) is 47.0 Å². The van der Waals surface area contributed by atoms with Gasteiger partial charge in [0.25, 0.3) is 0 Å². The first-order valence-corrected chi connectivity index (χ1v) is 19.9. The second kappa shape index (κ2) is 19.0. The van der Waals surface area contributed by atoms with Crippen LogP contribution in [0, 0.1) is 13.8 Å². The third-order valence-electron chi connectivity index (χ3n) is 11.0. The minimum absolute atomic E-state index is 0.166. The van der Waals surface area contributed by atoms with E-state index < -0.39 is 83.0 Å². The van der Waals surface area contributed by atoms with Crippen LogP contribution in [-0.4, -0.2) is 38.8 Å². The molecular weight excluding hydrogens is 839 g/mol. The van der Waals surface area contributed by atoms with Crippen LogP contribution in [0.15, 0.2) is 133 Å². The van der Waals surface area contributed by atoms with Crippen molar-refractivity contribution in [2.75, 3.05) is 14.2 Å². The molecule has 332 valence electrons. The van der Waals surface area contributed by atoms with Gasteiger partial charge in [-0.25, -0.2) is 0 Å². The first-order chi connectivity index (χ1) is 29.7. The monoisotopic (exact) mass is 882 g/mol. The van der Waals surface area contributed by atoms with Crippen LogP contribution in [0.4, 0.5) is 43.9 Å². The van der Waals surface area contributed by atoms with Crippen molar-refractivity contribution in [2.45, 2.75) is 75.9 Å². The molecule has 0 N–H and O–H groups in total. The maximum Gasteiger partial charge on any atom is 0.414 e. The highest BCUT2D eigenvalue weighted by atomic mass is 19.4. The quantitative estimate of drug-likeness (QED) is 0.0907. The van der Waals surface area contributed by atoms with E-state index in [0.717, 1.165) is 61.7 Å². The molecule has 3 nitrogen and oxygen atoms in total.